The third-order valence-corrected chi connectivity index (χ3v) is 4.17. The monoisotopic (exact) mass is 338 g/mol. The molecule has 0 fully saturated rings. The van der Waals surface area contributed by atoms with E-state index < -0.39 is 21.9 Å². The van der Waals surface area contributed by atoms with Crippen LogP contribution in [0.25, 0.3) is 0 Å². The van der Waals surface area contributed by atoms with E-state index in [1.54, 1.807) is 0 Å². The standard InChI is InChI=1S/C14H14N2O6S/c17-13(18)8-5-10-3-6-11(7-4-10)23(20,21)16-15-14(19)12-2-1-9-22-12/h1-4,6-7,9,16H,5,8H2,(H,15,19)(H,17,18). The molecule has 1 amide bonds. The lowest BCUT2D eigenvalue weighted by molar-refractivity contribution is -0.136. The van der Waals surface area contributed by atoms with Gasteiger partial charge in [0, 0.05) is 6.42 Å². The summed E-state index contributed by atoms with van der Waals surface area (Å²) in [5.74, 6) is -1.68. The van der Waals surface area contributed by atoms with Crippen LogP contribution in [0.1, 0.15) is 22.5 Å². The average molecular weight is 338 g/mol. The summed E-state index contributed by atoms with van der Waals surface area (Å²) < 4.78 is 28.9. The van der Waals surface area contributed by atoms with Crippen molar-refractivity contribution in [3.63, 3.8) is 0 Å². The minimum absolute atomic E-state index is 0.0308. The molecule has 0 saturated heterocycles. The van der Waals surface area contributed by atoms with Gasteiger partial charge in [-0.1, -0.05) is 12.1 Å². The zero-order chi connectivity index (χ0) is 16.9. The quantitative estimate of drug-likeness (QED) is 0.645. The second-order valence-electron chi connectivity index (χ2n) is 4.57. The number of hydrogen-bond acceptors (Lipinski definition) is 5. The van der Waals surface area contributed by atoms with Crippen molar-refractivity contribution in [2.45, 2.75) is 17.7 Å². The number of furan rings is 1. The highest BCUT2D eigenvalue weighted by atomic mass is 32.2. The molecule has 0 aliphatic carbocycles. The van der Waals surface area contributed by atoms with E-state index in [1.165, 1.54) is 42.7 Å². The molecule has 122 valence electrons. The summed E-state index contributed by atoms with van der Waals surface area (Å²) in [7, 11) is -3.93. The van der Waals surface area contributed by atoms with Crippen molar-refractivity contribution in [2.75, 3.05) is 0 Å². The fourth-order valence-electron chi connectivity index (χ4n) is 1.73. The Bertz CT molecular complexity index is 781. The SMILES string of the molecule is O=C(O)CCc1ccc(S(=O)(=O)NNC(=O)c2ccco2)cc1. The minimum Gasteiger partial charge on any atom is -0.481 e. The van der Waals surface area contributed by atoms with E-state index in [9.17, 15) is 18.0 Å². The number of nitrogens with one attached hydrogen (secondary N) is 2. The van der Waals surface area contributed by atoms with Crippen LogP contribution in [0.2, 0.25) is 0 Å². The number of hydrogen-bond donors (Lipinski definition) is 3. The molecular formula is C14H14N2O6S. The molecule has 1 heterocycles. The van der Waals surface area contributed by atoms with Crippen molar-refractivity contribution >= 4 is 21.9 Å². The van der Waals surface area contributed by atoms with Gasteiger partial charge in [-0.05, 0) is 36.2 Å². The fraction of sp³-hybridized carbons (Fsp3) is 0.143. The molecule has 8 nitrogen and oxygen atoms in total. The first-order valence-electron chi connectivity index (χ1n) is 6.55. The Hall–Kier alpha value is -2.65. The van der Waals surface area contributed by atoms with E-state index in [0.29, 0.717) is 12.0 Å². The number of hydrazine groups is 1. The zero-order valence-electron chi connectivity index (χ0n) is 11.9. The number of carboxylic acid groups (broad SMARTS) is 1. The molecule has 0 aliphatic rings. The Balaban J connectivity index is 1.99. The maximum absolute atomic E-state index is 12.0. The van der Waals surface area contributed by atoms with Crippen LogP contribution in [0, 0.1) is 0 Å². The summed E-state index contributed by atoms with van der Waals surface area (Å²) in [5, 5.41) is 8.61. The van der Waals surface area contributed by atoms with E-state index in [-0.39, 0.29) is 17.1 Å². The van der Waals surface area contributed by atoms with Crippen LogP contribution in [0.15, 0.2) is 52.0 Å². The molecule has 0 saturated carbocycles. The third-order valence-electron chi connectivity index (χ3n) is 2.91. The third kappa shape index (κ3) is 4.66. The van der Waals surface area contributed by atoms with Gasteiger partial charge >= 0.3 is 11.9 Å². The predicted molar refractivity (Wildman–Crippen MR) is 78.9 cm³/mol. The van der Waals surface area contributed by atoms with Crippen LogP contribution >= 0.6 is 0 Å². The Labute approximate surface area is 132 Å². The first kappa shape index (κ1) is 16.7. The van der Waals surface area contributed by atoms with E-state index in [1.807, 2.05) is 10.3 Å². The van der Waals surface area contributed by atoms with E-state index in [4.69, 9.17) is 9.52 Å². The molecule has 1 aromatic carbocycles. The number of amides is 1. The molecule has 23 heavy (non-hydrogen) atoms. The minimum atomic E-state index is -3.93. The Morgan fingerprint density at radius 1 is 1.13 bits per heavy atom. The topological polar surface area (TPSA) is 126 Å². The highest BCUT2D eigenvalue weighted by molar-refractivity contribution is 7.89. The highest BCUT2D eigenvalue weighted by Gasteiger charge is 2.16. The predicted octanol–water partition coefficient (Wildman–Crippen LogP) is 0.920. The van der Waals surface area contributed by atoms with Gasteiger partial charge in [-0.2, -0.15) is 0 Å². The Kier molecular flexibility index (Phi) is 5.14. The summed E-state index contributed by atoms with van der Waals surface area (Å²) in [6, 6.07) is 8.59. The van der Waals surface area contributed by atoms with Gasteiger partial charge in [0.05, 0.1) is 11.2 Å². The number of carbonyl (C=O) groups excluding carboxylic acids is 1. The van der Waals surface area contributed by atoms with Crippen molar-refractivity contribution in [3.05, 3.63) is 54.0 Å². The summed E-state index contributed by atoms with van der Waals surface area (Å²) >= 11 is 0. The van der Waals surface area contributed by atoms with Gasteiger partial charge in [0.1, 0.15) is 0 Å². The van der Waals surface area contributed by atoms with E-state index in [2.05, 4.69) is 0 Å². The average Bonchev–Trinajstić information content (AvgIpc) is 3.05. The summed E-state index contributed by atoms with van der Waals surface area (Å²) in [5.41, 5.74) is 2.73. The maximum atomic E-state index is 12.0. The molecule has 0 radical (unpaired) electrons. The smallest absolute Gasteiger partial charge is 0.303 e. The van der Waals surface area contributed by atoms with Crippen molar-refractivity contribution in [2.24, 2.45) is 0 Å². The number of benzene rings is 1. The molecule has 0 atom stereocenters. The lowest BCUT2D eigenvalue weighted by Gasteiger charge is -2.08. The highest BCUT2D eigenvalue weighted by Crippen LogP contribution is 2.11. The molecule has 1 aromatic heterocycles. The largest absolute Gasteiger partial charge is 0.481 e. The normalized spacial score (nSPS) is 11.1. The first-order valence-corrected chi connectivity index (χ1v) is 8.03. The van der Waals surface area contributed by atoms with Gasteiger partial charge in [0.25, 0.3) is 10.0 Å². The number of aliphatic carboxylic acids is 1. The molecule has 9 heteroatoms. The Morgan fingerprint density at radius 2 is 1.83 bits per heavy atom. The van der Waals surface area contributed by atoms with Crippen LogP contribution in [0.5, 0.6) is 0 Å². The number of carboxylic acids is 1. The van der Waals surface area contributed by atoms with Crippen molar-refractivity contribution in [1.29, 1.82) is 0 Å². The molecule has 0 aliphatic heterocycles. The number of carbonyl (C=O) groups is 2. The number of rotatable bonds is 7. The first-order chi connectivity index (χ1) is 10.9. The van der Waals surface area contributed by atoms with Gasteiger partial charge in [-0.15, -0.1) is 4.83 Å². The molecule has 0 unspecified atom stereocenters. The van der Waals surface area contributed by atoms with Crippen LogP contribution in [-0.4, -0.2) is 25.4 Å². The molecule has 2 rings (SSSR count). The molecule has 2 aromatic rings. The number of sulfonamides is 1. The maximum Gasteiger partial charge on any atom is 0.303 e. The van der Waals surface area contributed by atoms with Crippen LogP contribution in [0.3, 0.4) is 0 Å². The second kappa shape index (κ2) is 7.07. The van der Waals surface area contributed by atoms with Crippen LogP contribution in [-0.2, 0) is 21.2 Å². The summed E-state index contributed by atoms with van der Waals surface area (Å²) in [6.07, 6.45) is 1.56. The Morgan fingerprint density at radius 3 is 2.39 bits per heavy atom. The van der Waals surface area contributed by atoms with E-state index in [0.717, 1.165) is 0 Å². The van der Waals surface area contributed by atoms with Gasteiger partial charge in [-0.3, -0.25) is 15.0 Å². The van der Waals surface area contributed by atoms with Gasteiger partial charge in [0.15, 0.2) is 5.76 Å². The molecular weight excluding hydrogens is 324 g/mol. The van der Waals surface area contributed by atoms with Crippen molar-refractivity contribution < 1.29 is 27.5 Å². The molecule has 3 N–H and O–H groups in total. The van der Waals surface area contributed by atoms with Crippen molar-refractivity contribution in [1.82, 2.24) is 10.3 Å². The lowest BCUT2D eigenvalue weighted by atomic mass is 10.1. The van der Waals surface area contributed by atoms with Gasteiger partial charge in [-0.25, -0.2) is 8.42 Å². The summed E-state index contributed by atoms with van der Waals surface area (Å²) in [6.45, 7) is 0. The molecule has 0 bridgehead atoms. The van der Waals surface area contributed by atoms with Crippen LogP contribution < -0.4 is 10.3 Å². The van der Waals surface area contributed by atoms with E-state index >= 15 is 0 Å². The lowest BCUT2D eigenvalue weighted by Crippen LogP contribution is -2.41. The van der Waals surface area contributed by atoms with Gasteiger partial charge < -0.3 is 9.52 Å². The van der Waals surface area contributed by atoms with Crippen molar-refractivity contribution in [3.8, 4) is 0 Å². The summed E-state index contributed by atoms with van der Waals surface area (Å²) in [4.78, 5) is 24.0. The number of aryl methyl sites for hydroxylation is 1. The van der Waals surface area contributed by atoms with Crippen LogP contribution in [0.4, 0.5) is 0 Å². The van der Waals surface area contributed by atoms with Gasteiger partial charge in [0.2, 0.25) is 0 Å². The molecule has 0 spiro atoms. The fourth-order valence-corrected chi connectivity index (χ4v) is 2.57. The second-order valence-corrected chi connectivity index (χ2v) is 6.26. The zero-order valence-corrected chi connectivity index (χ0v) is 12.7.